The highest BCUT2D eigenvalue weighted by Gasteiger charge is 2.12. The second-order valence-electron chi connectivity index (χ2n) is 6.34. The fourth-order valence-electron chi connectivity index (χ4n) is 3.15. The Morgan fingerprint density at radius 2 is 1.19 bits per heavy atom. The van der Waals surface area contributed by atoms with Crippen molar-refractivity contribution in [2.45, 2.75) is 0 Å². The van der Waals surface area contributed by atoms with Crippen molar-refractivity contribution in [1.29, 1.82) is 0 Å². The zero-order valence-electron chi connectivity index (χ0n) is 14.5. The molecular formula is C24H16N2S. The zero-order chi connectivity index (χ0) is 18.1. The Kier molecular flexibility index (Phi) is 4.00. The molecule has 0 aliphatic carbocycles. The summed E-state index contributed by atoms with van der Waals surface area (Å²) in [6.07, 6.45) is 0. The highest BCUT2D eigenvalue weighted by Crippen LogP contribution is 2.34. The molecule has 0 atom stereocenters. The van der Waals surface area contributed by atoms with Gasteiger partial charge in [-0.1, -0.05) is 78.9 Å². The number of nitrogens with zero attached hydrogens (tertiary/aromatic N) is 2. The number of aromatic nitrogens is 2. The summed E-state index contributed by atoms with van der Waals surface area (Å²) in [5.41, 5.74) is 4.03. The molecule has 0 radical (unpaired) electrons. The second-order valence-corrected chi connectivity index (χ2v) is 7.43. The van der Waals surface area contributed by atoms with E-state index in [1.165, 1.54) is 10.1 Å². The van der Waals surface area contributed by atoms with Crippen LogP contribution in [-0.2, 0) is 0 Å². The Morgan fingerprint density at radius 1 is 0.556 bits per heavy atom. The van der Waals surface area contributed by atoms with Crippen LogP contribution in [0, 0.1) is 0 Å². The summed E-state index contributed by atoms with van der Waals surface area (Å²) in [6, 6.07) is 33.2. The van der Waals surface area contributed by atoms with Crippen molar-refractivity contribution in [3.8, 4) is 33.2 Å². The van der Waals surface area contributed by atoms with Gasteiger partial charge >= 0.3 is 0 Å². The Hall–Kier alpha value is -3.30. The van der Waals surface area contributed by atoms with Crippen molar-refractivity contribution in [3.63, 3.8) is 0 Å². The van der Waals surface area contributed by atoms with Gasteiger partial charge in [-0.15, -0.1) is 11.3 Å². The first kappa shape index (κ1) is 15.9. The molecule has 27 heavy (non-hydrogen) atoms. The fraction of sp³-hybridized carbons (Fsp3) is 0. The van der Waals surface area contributed by atoms with Crippen molar-refractivity contribution in [3.05, 3.63) is 97.1 Å². The maximum absolute atomic E-state index is 4.89. The number of hydrogen-bond donors (Lipinski definition) is 0. The van der Waals surface area contributed by atoms with E-state index in [0.717, 1.165) is 33.2 Å². The van der Waals surface area contributed by atoms with E-state index in [0.29, 0.717) is 0 Å². The molecular weight excluding hydrogens is 348 g/mol. The first-order chi connectivity index (χ1) is 13.4. The number of rotatable bonds is 3. The van der Waals surface area contributed by atoms with Gasteiger partial charge < -0.3 is 0 Å². The van der Waals surface area contributed by atoms with Crippen LogP contribution in [0.2, 0.25) is 0 Å². The largest absolute Gasteiger partial charge is 0.228 e. The summed E-state index contributed by atoms with van der Waals surface area (Å²) in [4.78, 5) is 10.9. The van der Waals surface area contributed by atoms with Crippen LogP contribution in [0.3, 0.4) is 0 Å². The van der Waals surface area contributed by atoms with E-state index >= 15 is 0 Å². The summed E-state index contributed by atoms with van der Waals surface area (Å²) in [6.45, 7) is 0. The molecule has 0 aliphatic heterocycles. The topological polar surface area (TPSA) is 25.8 Å². The lowest BCUT2D eigenvalue weighted by atomic mass is 10.1. The van der Waals surface area contributed by atoms with E-state index in [2.05, 4.69) is 60.7 Å². The van der Waals surface area contributed by atoms with E-state index in [1.54, 1.807) is 11.3 Å². The summed E-state index contributed by atoms with van der Waals surface area (Å²) in [7, 11) is 0. The van der Waals surface area contributed by atoms with Gasteiger partial charge in [-0.05, 0) is 23.6 Å². The molecule has 0 saturated carbocycles. The lowest BCUT2D eigenvalue weighted by Gasteiger charge is -2.08. The molecule has 0 N–H and O–H groups in total. The number of thiophene rings is 1. The molecule has 0 amide bonds. The summed E-state index contributed by atoms with van der Waals surface area (Å²) in [5.74, 6) is 0.754. The van der Waals surface area contributed by atoms with Crippen molar-refractivity contribution < 1.29 is 0 Å². The maximum atomic E-state index is 4.89. The third-order valence-corrected chi connectivity index (χ3v) is 5.64. The minimum atomic E-state index is 0.754. The first-order valence-electron chi connectivity index (χ1n) is 8.86. The zero-order valence-corrected chi connectivity index (χ0v) is 15.4. The third-order valence-electron chi connectivity index (χ3n) is 4.51. The predicted molar refractivity (Wildman–Crippen MR) is 114 cm³/mol. The molecule has 3 aromatic carbocycles. The molecule has 128 valence electrons. The Bertz CT molecular complexity index is 1120. The molecule has 5 aromatic rings. The molecule has 2 heterocycles. The van der Waals surface area contributed by atoms with Crippen LogP contribution in [0.5, 0.6) is 0 Å². The van der Waals surface area contributed by atoms with Crippen LogP contribution < -0.4 is 0 Å². The van der Waals surface area contributed by atoms with Crippen molar-refractivity contribution in [2.24, 2.45) is 0 Å². The molecule has 2 aromatic heterocycles. The fourth-order valence-corrected chi connectivity index (χ4v) is 4.18. The number of benzene rings is 3. The average molecular weight is 364 g/mol. The van der Waals surface area contributed by atoms with Gasteiger partial charge in [0.05, 0.1) is 16.3 Å². The molecule has 0 aliphatic rings. The van der Waals surface area contributed by atoms with Crippen molar-refractivity contribution in [1.82, 2.24) is 9.97 Å². The van der Waals surface area contributed by atoms with Gasteiger partial charge in [0.2, 0.25) is 0 Å². The molecule has 0 bridgehead atoms. The maximum Gasteiger partial charge on any atom is 0.160 e. The van der Waals surface area contributed by atoms with Gasteiger partial charge in [0.25, 0.3) is 0 Å². The normalized spacial score (nSPS) is 11.0. The Morgan fingerprint density at radius 3 is 1.93 bits per heavy atom. The smallest absolute Gasteiger partial charge is 0.160 e. The highest BCUT2D eigenvalue weighted by molar-refractivity contribution is 7.22. The van der Waals surface area contributed by atoms with Gasteiger partial charge in [0.15, 0.2) is 5.82 Å². The summed E-state index contributed by atoms with van der Waals surface area (Å²) < 4.78 is 1.27. The standard InChI is InChI=1S/C24H16N2S/c1-3-9-17(10-4-1)20-16-21(23-15-19-13-7-8-14-22(19)27-23)26-24(25-20)18-11-5-2-6-12-18/h1-16H. The molecule has 0 fully saturated rings. The summed E-state index contributed by atoms with van der Waals surface area (Å²) in [5, 5.41) is 1.25. The van der Waals surface area contributed by atoms with Gasteiger partial charge in [-0.3, -0.25) is 0 Å². The van der Waals surface area contributed by atoms with Crippen LogP contribution in [0.15, 0.2) is 97.1 Å². The molecule has 0 saturated heterocycles. The average Bonchev–Trinajstić information content (AvgIpc) is 3.19. The van der Waals surface area contributed by atoms with E-state index in [4.69, 9.17) is 9.97 Å². The van der Waals surface area contributed by atoms with Crippen LogP contribution in [-0.4, -0.2) is 9.97 Å². The Balaban J connectivity index is 1.72. The quantitative estimate of drug-likeness (QED) is 0.356. The molecule has 3 heteroatoms. The second kappa shape index (κ2) is 6.78. The molecule has 2 nitrogen and oxygen atoms in total. The SMILES string of the molecule is c1ccc(-c2cc(-c3cc4ccccc4s3)nc(-c3ccccc3)n2)cc1. The van der Waals surface area contributed by atoms with Crippen LogP contribution >= 0.6 is 11.3 Å². The van der Waals surface area contributed by atoms with Crippen LogP contribution in [0.25, 0.3) is 43.3 Å². The van der Waals surface area contributed by atoms with Crippen molar-refractivity contribution >= 4 is 21.4 Å². The van der Waals surface area contributed by atoms with Gasteiger partial charge in [0, 0.05) is 15.8 Å². The van der Waals surface area contributed by atoms with E-state index in [9.17, 15) is 0 Å². The summed E-state index contributed by atoms with van der Waals surface area (Å²) >= 11 is 1.77. The monoisotopic (exact) mass is 364 g/mol. The Labute approximate surface area is 161 Å². The van der Waals surface area contributed by atoms with Crippen LogP contribution in [0.4, 0.5) is 0 Å². The van der Waals surface area contributed by atoms with Crippen LogP contribution in [0.1, 0.15) is 0 Å². The third kappa shape index (κ3) is 3.14. The number of fused-ring (bicyclic) bond motifs is 1. The van der Waals surface area contributed by atoms with Gasteiger partial charge in [-0.2, -0.15) is 0 Å². The van der Waals surface area contributed by atoms with Crippen molar-refractivity contribution in [2.75, 3.05) is 0 Å². The van der Waals surface area contributed by atoms with E-state index in [-0.39, 0.29) is 0 Å². The van der Waals surface area contributed by atoms with Gasteiger partial charge in [-0.25, -0.2) is 9.97 Å². The molecule has 0 unspecified atom stereocenters. The van der Waals surface area contributed by atoms with Gasteiger partial charge in [0.1, 0.15) is 0 Å². The minimum Gasteiger partial charge on any atom is -0.228 e. The first-order valence-corrected chi connectivity index (χ1v) is 9.67. The molecule has 0 spiro atoms. The van der Waals surface area contributed by atoms with E-state index < -0.39 is 0 Å². The predicted octanol–water partition coefficient (Wildman–Crippen LogP) is 6.69. The number of hydrogen-bond acceptors (Lipinski definition) is 3. The van der Waals surface area contributed by atoms with E-state index in [1.807, 2.05) is 36.4 Å². The lowest BCUT2D eigenvalue weighted by molar-refractivity contribution is 1.19. The highest BCUT2D eigenvalue weighted by atomic mass is 32.1. The molecule has 5 rings (SSSR count). The minimum absolute atomic E-state index is 0.754. The lowest BCUT2D eigenvalue weighted by Crippen LogP contribution is -1.94.